The molecule has 0 saturated carbocycles. The minimum Gasteiger partial charge on any atom is -0.324 e. The molecule has 1 aromatic carbocycles. The highest BCUT2D eigenvalue weighted by Crippen LogP contribution is 2.17. The number of benzene rings is 1. The molecule has 20 heavy (non-hydrogen) atoms. The van der Waals surface area contributed by atoms with Crippen molar-refractivity contribution in [2.75, 3.05) is 39.8 Å². The number of halogens is 1. The molecule has 1 atom stereocenters. The molecule has 1 unspecified atom stereocenters. The van der Waals surface area contributed by atoms with Crippen LogP contribution in [0.15, 0.2) is 28.7 Å². The zero-order valence-corrected chi connectivity index (χ0v) is 14.0. The van der Waals surface area contributed by atoms with Crippen LogP contribution in [-0.2, 0) is 0 Å². The molecule has 1 aliphatic rings. The first-order valence-electron chi connectivity index (χ1n) is 7.57. The SMILES string of the molecule is CN(CCC(N)c1ccc(Br)cc1)CCN1CCCC1. The maximum atomic E-state index is 6.26. The molecule has 1 saturated heterocycles. The van der Waals surface area contributed by atoms with Gasteiger partial charge in [-0.1, -0.05) is 28.1 Å². The van der Waals surface area contributed by atoms with Crippen molar-refractivity contribution in [1.29, 1.82) is 0 Å². The van der Waals surface area contributed by atoms with Crippen molar-refractivity contribution in [3.05, 3.63) is 34.3 Å². The lowest BCUT2D eigenvalue weighted by atomic mass is 10.0. The number of likely N-dealkylation sites (tertiary alicyclic amines) is 1. The molecule has 1 fully saturated rings. The first kappa shape index (κ1) is 16.0. The van der Waals surface area contributed by atoms with Gasteiger partial charge < -0.3 is 15.5 Å². The lowest BCUT2D eigenvalue weighted by Crippen LogP contribution is -2.32. The molecule has 0 spiro atoms. The van der Waals surface area contributed by atoms with E-state index in [-0.39, 0.29) is 6.04 Å². The summed E-state index contributed by atoms with van der Waals surface area (Å²) in [6, 6.07) is 8.48. The fraction of sp³-hybridized carbons (Fsp3) is 0.625. The third-order valence-electron chi connectivity index (χ3n) is 4.12. The molecule has 1 heterocycles. The van der Waals surface area contributed by atoms with Crippen LogP contribution < -0.4 is 5.73 Å². The minimum absolute atomic E-state index is 0.136. The highest BCUT2D eigenvalue weighted by atomic mass is 79.9. The van der Waals surface area contributed by atoms with Crippen LogP contribution in [0.2, 0.25) is 0 Å². The average molecular weight is 340 g/mol. The summed E-state index contributed by atoms with van der Waals surface area (Å²) in [5, 5.41) is 0. The van der Waals surface area contributed by atoms with E-state index in [1.807, 2.05) is 0 Å². The molecule has 2 N–H and O–H groups in total. The standard InChI is InChI=1S/C16H26BrN3/c1-19(12-13-20-9-2-3-10-20)11-8-16(18)14-4-6-15(17)7-5-14/h4-7,16H,2-3,8-13,18H2,1H3. The Morgan fingerprint density at radius 3 is 2.50 bits per heavy atom. The summed E-state index contributed by atoms with van der Waals surface area (Å²) in [6.07, 6.45) is 3.76. The molecule has 4 heteroatoms. The van der Waals surface area contributed by atoms with E-state index in [9.17, 15) is 0 Å². The number of rotatable bonds is 7. The minimum atomic E-state index is 0.136. The third kappa shape index (κ3) is 5.17. The average Bonchev–Trinajstić information content (AvgIpc) is 2.96. The molecular formula is C16H26BrN3. The summed E-state index contributed by atoms with van der Waals surface area (Å²) in [6.45, 7) is 5.97. The Bertz CT molecular complexity index is 387. The van der Waals surface area contributed by atoms with Gasteiger partial charge in [0.1, 0.15) is 0 Å². The number of hydrogen-bond donors (Lipinski definition) is 1. The van der Waals surface area contributed by atoms with Gasteiger partial charge in [0.05, 0.1) is 0 Å². The van der Waals surface area contributed by atoms with Crippen LogP contribution in [0.5, 0.6) is 0 Å². The Kier molecular flexibility index (Phi) is 6.49. The Morgan fingerprint density at radius 1 is 1.20 bits per heavy atom. The van der Waals surface area contributed by atoms with Crippen LogP contribution in [0.4, 0.5) is 0 Å². The normalized spacial score (nSPS) is 17.8. The van der Waals surface area contributed by atoms with Crippen LogP contribution in [0.3, 0.4) is 0 Å². The predicted octanol–water partition coefficient (Wildman–Crippen LogP) is 2.87. The highest BCUT2D eigenvalue weighted by molar-refractivity contribution is 9.10. The van der Waals surface area contributed by atoms with Crippen molar-refractivity contribution in [2.45, 2.75) is 25.3 Å². The maximum Gasteiger partial charge on any atom is 0.0307 e. The maximum absolute atomic E-state index is 6.26. The number of nitrogens with zero attached hydrogens (tertiary/aromatic N) is 2. The van der Waals surface area contributed by atoms with Crippen molar-refractivity contribution in [3.8, 4) is 0 Å². The van der Waals surface area contributed by atoms with E-state index in [0.29, 0.717) is 0 Å². The van der Waals surface area contributed by atoms with Crippen molar-refractivity contribution in [2.24, 2.45) is 5.73 Å². The Balaban J connectivity index is 1.66. The second-order valence-electron chi connectivity index (χ2n) is 5.80. The lowest BCUT2D eigenvalue weighted by Gasteiger charge is -2.22. The second-order valence-corrected chi connectivity index (χ2v) is 6.71. The van der Waals surface area contributed by atoms with Gasteiger partial charge in [0.15, 0.2) is 0 Å². The summed E-state index contributed by atoms with van der Waals surface area (Å²) in [5.41, 5.74) is 7.48. The largest absolute Gasteiger partial charge is 0.324 e. The van der Waals surface area contributed by atoms with E-state index in [0.717, 1.165) is 24.0 Å². The van der Waals surface area contributed by atoms with E-state index in [1.165, 1.54) is 38.0 Å². The fourth-order valence-electron chi connectivity index (χ4n) is 2.67. The van der Waals surface area contributed by atoms with Gasteiger partial charge in [-0.3, -0.25) is 0 Å². The Morgan fingerprint density at radius 2 is 1.85 bits per heavy atom. The number of likely N-dealkylation sites (N-methyl/N-ethyl adjacent to an activating group) is 1. The molecule has 0 aromatic heterocycles. The van der Waals surface area contributed by atoms with Crippen molar-refractivity contribution < 1.29 is 0 Å². The van der Waals surface area contributed by atoms with Gasteiger partial charge in [-0.05, 0) is 63.6 Å². The zero-order chi connectivity index (χ0) is 14.4. The number of nitrogens with two attached hydrogens (primary N) is 1. The third-order valence-corrected chi connectivity index (χ3v) is 4.65. The molecule has 0 radical (unpaired) electrons. The van der Waals surface area contributed by atoms with Gasteiger partial charge >= 0.3 is 0 Å². The molecule has 1 aromatic rings. The van der Waals surface area contributed by atoms with Crippen LogP contribution >= 0.6 is 15.9 Å². The molecule has 1 aliphatic heterocycles. The first-order chi connectivity index (χ1) is 9.65. The Labute approximate surface area is 131 Å². The van der Waals surface area contributed by atoms with Gasteiger partial charge in [0.25, 0.3) is 0 Å². The number of hydrogen-bond acceptors (Lipinski definition) is 3. The van der Waals surface area contributed by atoms with Crippen LogP contribution in [0.1, 0.15) is 30.9 Å². The summed E-state index contributed by atoms with van der Waals surface area (Å²) < 4.78 is 1.11. The van der Waals surface area contributed by atoms with Gasteiger partial charge in [-0.2, -0.15) is 0 Å². The molecule has 2 rings (SSSR count). The van der Waals surface area contributed by atoms with E-state index >= 15 is 0 Å². The van der Waals surface area contributed by atoms with Gasteiger partial charge in [-0.15, -0.1) is 0 Å². The van der Waals surface area contributed by atoms with E-state index < -0.39 is 0 Å². The predicted molar refractivity (Wildman–Crippen MR) is 88.9 cm³/mol. The Hall–Kier alpha value is -0.420. The van der Waals surface area contributed by atoms with Gasteiger partial charge in [0, 0.05) is 23.6 Å². The molecule has 0 amide bonds. The van der Waals surface area contributed by atoms with Crippen molar-refractivity contribution in [1.82, 2.24) is 9.80 Å². The lowest BCUT2D eigenvalue weighted by molar-refractivity contribution is 0.251. The van der Waals surface area contributed by atoms with Gasteiger partial charge in [0.2, 0.25) is 0 Å². The van der Waals surface area contributed by atoms with E-state index in [2.05, 4.69) is 57.0 Å². The second kappa shape index (κ2) is 8.13. The molecule has 3 nitrogen and oxygen atoms in total. The summed E-state index contributed by atoms with van der Waals surface area (Å²) in [7, 11) is 2.20. The quantitative estimate of drug-likeness (QED) is 0.828. The molecule has 112 valence electrons. The molecule has 0 aliphatic carbocycles. The van der Waals surface area contributed by atoms with Crippen molar-refractivity contribution in [3.63, 3.8) is 0 Å². The van der Waals surface area contributed by atoms with Gasteiger partial charge in [-0.25, -0.2) is 0 Å². The van der Waals surface area contributed by atoms with Crippen molar-refractivity contribution >= 4 is 15.9 Å². The van der Waals surface area contributed by atoms with Crippen LogP contribution in [-0.4, -0.2) is 49.6 Å². The smallest absolute Gasteiger partial charge is 0.0307 e. The summed E-state index contributed by atoms with van der Waals surface area (Å²) in [5.74, 6) is 0. The van der Waals surface area contributed by atoms with Crippen LogP contribution in [0, 0.1) is 0 Å². The molecular weight excluding hydrogens is 314 g/mol. The van der Waals surface area contributed by atoms with E-state index in [4.69, 9.17) is 5.73 Å². The first-order valence-corrected chi connectivity index (χ1v) is 8.36. The summed E-state index contributed by atoms with van der Waals surface area (Å²) in [4.78, 5) is 4.96. The monoisotopic (exact) mass is 339 g/mol. The van der Waals surface area contributed by atoms with Crippen LogP contribution in [0.25, 0.3) is 0 Å². The highest BCUT2D eigenvalue weighted by Gasteiger charge is 2.12. The zero-order valence-electron chi connectivity index (χ0n) is 12.4. The summed E-state index contributed by atoms with van der Waals surface area (Å²) >= 11 is 3.46. The van der Waals surface area contributed by atoms with E-state index in [1.54, 1.807) is 0 Å². The molecule has 0 bridgehead atoms. The topological polar surface area (TPSA) is 32.5 Å². The fourth-order valence-corrected chi connectivity index (χ4v) is 2.93.